The van der Waals surface area contributed by atoms with Gasteiger partial charge in [0.15, 0.2) is 0 Å². The van der Waals surface area contributed by atoms with E-state index in [1.165, 1.54) is 12.1 Å². The largest absolute Gasteiger partial charge is 0.508 e. The van der Waals surface area contributed by atoms with Crippen LogP contribution in [0, 0.1) is 5.92 Å². The lowest BCUT2D eigenvalue weighted by Crippen LogP contribution is -2.33. The fourth-order valence-electron chi connectivity index (χ4n) is 2.34. The van der Waals surface area contributed by atoms with Crippen molar-refractivity contribution < 1.29 is 19.4 Å². The molecule has 1 fully saturated rings. The van der Waals surface area contributed by atoms with Crippen LogP contribution in [0.4, 0.5) is 5.69 Å². The number of carbonyl (C=O) groups excluding carboxylic acids is 2. The molecular weight excluding hydrogens is 272 g/mol. The number of nitrogens with zero attached hydrogens (tertiary/aromatic N) is 1. The summed E-state index contributed by atoms with van der Waals surface area (Å²) in [6.45, 7) is 1.53. The molecule has 1 aromatic rings. The number of anilines is 1. The van der Waals surface area contributed by atoms with Crippen molar-refractivity contribution in [3.8, 4) is 5.75 Å². The van der Waals surface area contributed by atoms with Crippen LogP contribution in [0.15, 0.2) is 24.3 Å². The monoisotopic (exact) mass is 292 g/mol. The van der Waals surface area contributed by atoms with E-state index in [1.807, 2.05) is 0 Å². The van der Waals surface area contributed by atoms with Gasteiger partial charge in [0.2, 0.25) is 11.8 Å². The molecule has 0 unspecified atom stereocenters. The van der Waals surface area contributed by atoms with Crippen molar-refractivity contribution in [2.75, 3.05) is 31.7 Å². The summed E-state index contributed by atoms with van der Waals surface area (Å²) < 4.78 is 4.92. The van der Waals surface area contributed by atoms with Crippen LogP contribution >= 0.6 is 0 Å². The Balaban J connectivity index is 1.90. The van der Waals surface area contributed by atoms with Crippen molar-refractivity contribution in [3.05, 3.63) is 24.3 Å². The zero-order chi connectivity index (χ0) is 15.2. The van der Waals surface area contributed by atoms with Crippen LogP contribution in [0.5, 0.6) is 5.75 Å². The summed E-state index contributed by atoms with van der Waals surface area (Å²) in [5, 5.41) is 12.1. The maximum absolute atomic E-state index is 12.0. The van der Waals surface area contributed by atoms with Crippen molar-refractivity contribution in [2.24, 2.45) is 5.92 Å². The Labute approximate surface area is 123 Å². The number of ether oxygens (including phenoxy) is 1. The van der Waals surface area contributed by atoms with Gasteiger partial charge in [0.1, 0.15) is 5.75 Å². The molecule has 114 valence electrons. The number of hydrogen-bond donors (Lipinski definition) is 2. The first kappa shape index (κ1) is 15.3. The number of carbonyl (C=O) groups is 2. The van der Waals surface area contributed by atoms with E-state index in [-0.39, 0.29) is 29.9 Å². The van der Waals surface area contributed by atoms with Crippen molar-refractivity contribution in [1.82, 2.24) is 5.32 Å². The fourth-order valence-corrected chi connectivity index (χ4v) is 2.34. The molecule has 1 aromatic carbocycles. The van der Waals surface area contributed by atoms with E-state index < -0.39 is 0 Å². The number of phenols is 1. The molecule has 1 heterocycles. The molecule has 6 nitrogen and oxygen atoms in total. The van der Waals surface area contributed by atoms with Gasteiger partial charge in [0.05, 0.1) is 5.92 Å². The van der Waals surface area contributed by atoms with Gasteiger partial charge in [0, 0.05) is 38.9 Å². The van der Waals surface area contributed by atoms with Gasteiger partial charge in [-0.3, -0.25) is 9.59 Å². The summed E-state index contributed by atoms with van der Waals surface area (Å²) in [6, 6.07) is 6.40. The highest BCUT2D eigenvalue weighted by molar-refractivity contribution is 6.00. The van der Waals surface area contributed by atoms with Gasteiger partial charge in [-0.1, -0.05) is 0 Å². The molecule has 1 saturated heterocycles. The second-order valence-corrected chi connectivity index (χ2v) is 5.06. The summed E-state index contributed by atoms with van der Waals surface area (Å²) in [6.07, 6.45) is 0.974. The second-order valence-electron chi connectivity index (χ2n) is 5.06. The molecular formula is C15H20N2O4. The van der Waals surface area contributed by atoms with Crippen molar-refractivity contribution in [3.63, 3.8) is 0 Å². The van der Waals surface area contributed by atoms with E-state index in [0.717, 1.165) is 6.42 Å². The number of benzene rings is 1. The lowest BCUT2D eigenvalue weighted by atomic mass is 10.1. The highest BCUT2D eigenvalue weighted by atomic mass is 16.5. The maximum atomic E-state index is 12.0. The minimum absolute atomic E-state index is 0.0715. The molecule has 21 heavy (non-hydrogen) atoms. The highest BCUT2D eigenvalue weighted by Gasteiger charge is 2.34. The van der Waals surface area contributed by atoms with E-state index in [4.69, 9.17) is 4.74 Å². The quantitative estimate of drug-likeness (QED) is 0.764. The fraction of sp³-hybridized carbons (Fsp3) is 0.467. The smallest absolute Gasteiger partial charge is 0.227 e. The minimum Gasteiger partial charge on any atom is -0.508 e. The summed E-state index contributed by atoms with van der Waals surface area (Å²) >= 11 is 0. The Morgan fingerprint density at radius 2 is 2.14 bits per heavy atom. The first-order valence-corrected chi connectivity index (χ1v) is 6.98. The maximum Gasteiger partial charge on any atom is 0.227 e. The zero-order valence-electron chi connectivity index (χ0n) is 12.0. The molecule has 2 rings (SSSR count). The van der Waals surface area contributed by atoms with Gasteiger partial charge in [-0.15, -0.1) is 0 Å². The van der Waals surface area contributed by atoms with Crippen molar-refractivity contribution >= 4 is 17.5 Å². The van der Waals surface area contributed by atoms with E-state index in [1.54, 1.807) is 24.1 Å². The SMILES string of the molecule is COCCCNC(=O)[C@H]1CC(=O)N(c2ccc(O)cc2)C1. The summed E-state index contributed by atoms with van der Waals surface area (Å²) in [7, 11) is 1.62. The Bertz CT molecular complexity index is 501. The van der Waals surface area contributed by atoms with Crippen LogP contribution < -0.4 is 10.2 Å². The molecule has 0 spiro atoms. The molecule has 0 saturated carbocycles. The van der Waals surface area contributed by atoms with Gasteiger partial charge in [-0.25, -0.2) is 0 Å². The Morgan fingerprint density at radius 3 is 2.81 bits per heavy atom. The van der Waals surface area contributed by atoms with E-state index >= 15 is 0 Å². The number of rotatable bonds is 6. The number of hydrogen-bond acceptors (Lipinski definition) is 4. The minimum atomic E-state index is -0.325. The molecule has 1 atom stereocenters. The highest BCUT2D eigenvalue weighted by Crippen LogP contribution is 2.26. The predicted molar refractivity (Wildman–Crippen MR) is 78.1 cm³/mol. The Hall–Kier alpha value is -2.08. The lowest BCUT2D eigenvalue weighted by molar-refractivity contribution is -0.126. The molecule has 2 N–H and O–H groups in total. The van der Waals surface area contributed by atoms with Gasteiger partial charge in [-0.05, 0) is 30.7 Å². The third-order valence-electron chi connectivity index (χ3n) is 3.48. The first-order valence-electron chi connectivity index (χ1n) is 6.98. The lowest BCUT2D eigenvalue weighted by Gasteiger charge is -2.16. The third-order valence-corrected chi connectivity index (χ3v) is 3.48. The normalized spacial score (nSPS) is 18.0. The predicted octanol–water partition coefficient (Wildman–Crippen LogP) is 0.898. The van der Waals surface area contributed by atoms with Crippen LogP contribution in [-0.4, -0.2) is 43.7 Å². The van der Waals surface area contributed by atoms with Gasteiger partial charge in [0.25, 0.3) is 0 Å². The van der Waals surface area contributed by atoms with Crippen LogP contribution in [0.1, 0.15) is 12.8 Å². The Morgan fingerprint density at radius 1 is 1.43 bits per heavy atom. The zero-order valence-corrected chi connectivity index (χ0v) is 12.0. The van der Waals surface area contributed by atoms with Gasteiger partial charge >= 0.3 is 0 Å². The van der Waals surface area contributed by atoms with Gasteiger partial charge < -0.3 is 20.1 Å². The molecule has 6 heteroatoms. The topological polar surface area (TPSA) is 78.9 Å². The second kappa shape index (κ2) is 7.08. The number of phenolic OH excluding ortho intramolecular Hbond substituents is 1. The average Bonchev–Trinajstić information content (AvgIpc) is 2.86. The van der Waals surface area contributed by atoms with Crippen molar-refractivity contribution in [2.45, 2.75) is 12.8 Å². The molecule has 2 amide bonds. The van der Waals surface area contributed by atoms with E-state index in [9.17, 15) is 14.7 Å². The molecule has 0 bridgehead atoms. The molecule has 0 aromatic heterocycles. The number of methoxy groups -OCH3 is 1. The van der Waals surface area contributed by atoms with Crippen LogP contribution in [-0.2, 0) is 14.3 Å². The van der Waals surface area contributed by atoms with Gasteiger partial charge in [-0.2, -0.15) is 0 Å². The number of nitrogens with one attached hydrogen (secondary N) is 1. The Kier molecular flexibility index (Phi) is 5.16. The molecule has 0 aliphatic carbocycles. The molecule has 1 aliphatic heterocycles. The first-order chi connectivity index (χ1) is 10.1. The van der Waals surface area contributed by atoms with Crippen LogP contribution in [0.2, 0.25) is 0 Å². The summed E-state index contributed by atoms with van der Waals surface area (Å²) in [5.74, 6) is -0.342. The average molecular weight is 292 g/mol. The van der Waals surface area contributed by atoms with Crippen LogP contribution in [0.3, 0.4) is 0 Å². The van der Waals surface area contributed by atoms with E-state index in [0.29, 0.717) is 25.4 Å². The number of aromatic hydroxyl groups is 1. The van der Waals surface area contributed by atoms with E-state index in [2.05, 4.69) is 5.32 Å². The number of amides is 2. The summed E-state index contributed by atoms with van der Waals surface area (Å²) in [5.41, 5.74) is 0.701. The molecule has 0 radical (unpaired) electrons. The standard InChI is InChI=1S/C15H20N2O4/c1-21-8-2-7-16-15(20)11-9-14(19)17(10-11)12-3-5-13(18)6-4-12/h3-6,11,18H,2,7-10H2,1H3,(H,16,20)/t11-/m0/s1. The van der Waals surface area contributed by atoms with Crippen molar-refractivity contribution in [1.29, 1.82) is 0 Å². The summed E-state index contributed by atoms with van der Waals surface area (Å²) in [4.78, 5) is 25.6. The third kappa shape index (κ3) is 3.95. The van der Waals surface area contributed by atoms with Crippen LogP contribution in [0.25, 0.3) is 0 Å². The molecule has 1 aliphatic rings.